The highest BCUT2D eigenvalue weighted by Crippen LogP contribution is 2.18. The molecule has 5 N–H and O–H groups in total. The highest BCUT2D eigenvalue weighted by molar-refractivity contribution is 6.67. The van der Waals surface area contributed by atoms with E-state index in [1.807, 2.05) is 45.0 Å². The van der Waals surface area contributed by atoms with Crippen LogP contribution in [0.15, 0.2) is 39.1 Å². The molecule has 1 amide bonds. The largest absolute Gasteiger partial charge is 0.443 e. The summed E-state index contributed by atoms with van der Waals surface area (Å²) in [5.74, 6) is 1.47. The van der Waals surface area contributed by atoms with Gasteiger partial charge in [0.2, 0.25) is 0 Å². The number of ether oxygens (including phenoxy) is 2. The first-order valence-corrected chi connectivity index (χ1v) is 19.3. The Morgan fingerprint density at radius 3 is 2.15 bits per heavy atom. The Morgan fingerprint density at radius 2 is 1.57 bits per heavy atom. The summed E-state index contributed by atoms with van der Waals surface area (Å²) in [5.41, 5.74) is 1.12. The average Bonchev–Trinajstić information content (AvgIpc) is 3.09. The molecule has 0 aromatic heterocycles. The van der Waals surface area contributed by atoms with Gasteiger partial charge >= 0.3 is 41.7 Å². The van der Waals surface area contributed by atoms with E-state index in [4.69, 9.17) is 9.47 Å². The van der Waals surface area contributed by atoms with Crippen LogP contribution in [0.1, 0.15) is 89.7 Å². The molecule has 1 aliphatic heterocycles. The fourth-order valence-electron chi connectivity index (χ4n) is 5.87. The summed E-state index contributed by atoms with van der Waals surface area (Å²) in [6, 6.07) is 7.67. The third-order valence-corrected chi connectivity index (χ3v) is 8.33. The minimum Gasteiger partial charge on any atom is -0.443 e. The van der Waals surface area contributed by atoms with Crippen molar-refractivity contribution in [2.45, 2.75) is 118 Å². The maximum absolute atomic E-state index is 12.8. The number of nitrogens with zero attached hydrogens (tertiary/aromatic N) is 6. The van der Waals surface area contributed by atoms with Crippen molar-refractivity contribution in [3.8, 4) is 0 Å². The summed E-state index contributed by atoms with van der Waals surface area (Å²) in [7, 11) is -2.34. The van der Waals surface area contributed by atoms with E-state index in [1.54, 1.807) is 41.8 Å². The van der Waals surface area contributed by atoms with Crippen LogP contribution in [0.25, 0.3) is 0 Å². The number of nitrogens with one attached hydrogen (secondary N) is 1. The van der Waals surface area contributed by atoms with Crippen molar-refractivity contribution in [3.63, 3.8) is 0 Å². The monoisotopic (exact) mass is 751 g/mol. The second-order valence-electron chi connectivity index (χ2n) is 14.6. The second-order valence-corrected chi connectivity index (χ2v) is 14.6. The van der Waals surface area contributed by atoms with Crippen molar-refractivity contribution in [3.05, 3.63) is 35.4 Å². The minimum absolute atomic E-state index is 0.237. The lowest BCUT2D eigenvalue weighted by Gasteiger charge is -2.36. The smallest absolute Gasteiger partial charge is 0.429 e. The maximum atomic E-state index is 12.8. The third kappa shape index (κ3) is 18.4. The van der Waals surface area contributed by atoms with E-state index in [0.29, 0.717) is 50.5 Å². The molecular formula is C34H61B5N7O8. The molecule has 1 aliphatic rings. The number of hydrogen-bond acceptors (Lipinski definition) is 11. The molecular weight excluding hydrogens is 688 g/mol. The van der Waals surface area contributed by atoms with Crippen LogP contribution in [-0.2, 0) is 20.9 Å². The summed E-state index contributed by atoms with van der Waals surface area (Å²) < 4.78 is 11.6. The lowest BCUT2D eigenvalue weighted by Crippen LogP contribution is -2.56. The number of aliphatic imine (C=N–C) groups is 1. The highest BCUT2D eigenvalue weighted by Gasteiger charge is 2.30. The Labute approximate surface area is 324 Å². The topological polar surface area (TPSA) is 192 Å². The van der Waals surface area contributed by atoms with Gasteiger partial charge in [0.05, 0.1) is 19.0 Å². The minimum atomic E-state index is -0.973. The predicted octanol–water partition coefficient (Wildman–Crippen LogP) is 2.91. The zero-order valence-corrected chi connectivity index (χ0v) is 33.5. The zero-order chi connectivity index (χ0) is 40.1. The Balaban J connectivity index is 1.89. The van der Waals surface area contributed by atoms with Crippen LogP contribution in [-0.4, -0.2) is 139 Å². The van der Waals surface area contributed by atoms with Crippen molar-refractivity contribution >= 4 is 65.5 Å². The van der Waals surface area contributed by atoms with Crippen LogP contribution in [0.4, 0.5) is 4.79 Å². The summed E-state index contributed by atoms with van der Waals surface area (Å²) in [5, 5.41) is 43.4. The molecule has 15 nitrogen and oxygen atoms in total. The number of rotatable bonds is 22. The van der Waals surface area contributed by atoms with E-state index in [1.165, 1.54) is 0 Å². The van der Waals surface area contributed by atoms with Gasteiger partial charge in [0.1, 0.15) is 17.6 Å². The molecule has 0 atom stereocenters. The molecule has 0 bridgehead atoms. The molecule has 1 aromatic rings. The Bertz CT molecular complexity index is 1350. The molecule has 20 heteroatoms. The lowest BCUT2D eigenvalue weighted by molar-refractivity contribution is 0.0363. The van der Waals surface area contributed by atoms with Crippen LogP contribution < -0.4 is 5.23 Å². The average molecular weight is 750 g/mol. The Hall–Kier alpha value is -3.31. The molecule has 0 fully saturated rings. The Morgan fingerprint density at radius 1 is 0.963 bits per heavy atom. The van der Waals surface area contributed by atoms with Gasteiger partial charge in [-0.15, -0.1) is 0 Å². The number of carbonyl (C=O) groups excluding carboxylic acids is 2. The summed E-state index contributed by atoms with van der Waals surface area (Å²) >= 11 is 0. The van der Waals surface area contributed by atoms with Crippen LogP contribution >= 0.6 is 0 Å². The van der Waals surface area contributed by atoms with Gasteiger partial charge in [-0.3, -0.25) is 14.8 Å². The molecule has 1 aromatic carbocycles. The second kappa shape index (κ2) is 25.0. The fraction of sp³-hybridized carbons (Fsp3) is 0.676. The molecule has 0 unspecified atom stereocenters. The Kier molecular flexibility index (Phi) is 21.7. The molecule has 0 saturated heterocycles. The molecule has 2 rings (SSSR count). The summed E-state index contributed by atoms with van der Waals surface area (Å²) in [4.78, 5) is 42.0. The van der Waals surface area contributed by atoms with Gasteiger partial charge < -0.3 is 54.1 Å². The summed E-state index contributed by atoms with van der Waals surface area (Å²) in [6.45, 7) is 14.4. The van der Waals surface area contributed by atoms with E-state index in [2.05, 4.69) is 20.0 Å². The standard InChI is InChI=1S/C34H61B5N7O8/c1-34(2,3)54-33(48)44-22-15-21-40-31(44)29-19-17-28(18-20-29)26-53-25-24-46(39(7)52)32(41-35-27-47)45(38(6)51)23-14-12-10-8-9-11-13-16-30(42-36(4)49)43-37(5)50/h17-20,27,49-52H,8-16,21-26H2,1-7H3,(H,42,43). The van der Waals surface area contributed by atoms with E-state index in [-0.39, 0.29) is 19.1 Å². The third-order valence-electron chi connectivity index (χ3n) is 8.33. The zero-order valence-electron chi connectivity index (χ0n) is 33.5. The van der Waals surface area contributed by atoms with E-state index >= 15 is 0 Å². The molecule has 0 spiro atoms. The van der Waals surface area contributed by atoms with Crippen molar-refractivity contribution in [2.75, 3.05) is 32.8 Å². The van der Waals surface area contributed by atoms with Gasteiger partial charge in [0, 0.05) is 38.2 Å². The van der Waals surface area contributed by atoms with Crippen molar-refractivity contribution in [2.24, 2.45) is 14.8 Å². The van der Waals surface area contributed by atoms with Gasteiger partial charge in [-0.2, -0.15) is 0 Å². The molecule has 54 heavy (non-hydrogen) atoms. The van der Waals surface area contributed by atoms with Gasteiger partial charge in [-0.1, -0.05) is 56.4 Å². The quantitative estimate of drug-likeness (QED) is 0.0385. The van der Waals surface area contributed by atoms with Crippen LogP contribution in [0, 0.1) is 0 Å². The number of hydrogen-bond donors (Lipinski definition) is 5. The van der Waals surface area contributed by atoms with Gasteiger partial charge in [0.15, 0.2) is 5.96 Å². The van der Waals surface area contributed by atoms with Crippen LogP contribution in [0.3, 0.4) is 0 Å². The van der Waals surface area contributed by atoms with Crippen molar-refractivity contribution < 1.29 is 39.2 Å². The van der Waals surface area contributed by atoms with Crippen molar-refractivity contribution in [1.82, 2.24) is 19.7 Å². The number of benzene rings is 1. The number of unbranched alkanes of at least 4 members (excludes halogenated alkanes) is 6. The summed E-state index contributed by atoms with van der Waals surface area (Å²) in [6.07, 6.45) is 8.26. The lowest BCUT2D eigenvalue weighted by atomic mass is 9.81. The SMILES string of the molecule is CB(O)N=C(CCCCCCCCCN(B(C)O)C(=N[B]C=O)N(CCOCc1ccc(C2=NCCCN2C(=O)OC(C)(C)C)cc1)B(C)O)NB(C)O. The van der Waals surface area contributed by atoms with Gasteiger partial charge in [0.25, 0.3) is 0 Å². The van der Waals surface area contributed by atoms with E-state index in [9.17, 15) is 29.7 Å². The number of amides is 1. The maximum Gasteiger partial charge on any atom is 0.429 e. The van der Waals surface area contributed by atoms with E-state index in [0.717, 1.165) is 69.9 Å². The molecule has 295 valence electrons. The van der Waals surface area contributed by atoms with Gasteiger partial charge in [-0.25, -0.2) is 4.79 Å². The van der Waals surface area contributed by atoms with Crippen LogP contribution in [0.5, 0.6) is 0 Å². The fourth-order valence-corrected chi connectivity index (χ4v) is 5.87. The first-order chi connectivity index (χ1) is 25.6. The molecule has 0 aliphatic carbocycles. The number of carbonyl (C=O) groups is 2. The molecule has 1 radical (unpaired) electrons. The first-order valence-electron chi connectivity index (χ1n) is 19.3. The molecule has 0 saturated carbocycles. The molecule has 1 heterocycles. The van der Waals surface area contributed by atoms with Crippen molar-refractivity contribution in [1.29, 1.82) is 0 Å². The number of guanidine groups is 1. The van der Waals surface area contributed by atoms with Gasteiger partial charge in [-0.05, 0) is 72.9 Å². The van der Waals surface area contributed by atoms with Crippen LogP contribution in [0.2, 0.25) is 27.3 Å². The first kappa shape index (κ1) is 46.8. The normalized spacial score (nSPS) is 13.5. The number of amidine groups is 2. The predicted molar refractivity (Wildman–Crippen MR) is 221 cm³/mol. The van der Waals surface area contributed by atoms with E-state index < -0.39 is 39.9 Å². The highest BCUT2D eigenvalue weighted by atomic mass is 16.6.